The summed E-state index contributed by atoms with van der Waals surface area (Å²) in [7, 11) is 1.80. The maximum atomic E-state index is 12.6. The van der Waals surface area contributed by atoms with E-state index >= 15 is 0 Å². The average molecular weight is 332 g/mol. The molecule has 6 heteroatoms. The van der Waals surface area contributed by atoms with Gasteiger partial charge in [0.2, 0.25) is 0 Å². The van der Waals surface area contributed by atoms with Crippen molar-refractivity contribution in [2.45, 2.75) is 64.1 Å². The van der Waals surface area contributed by atoms with E-state index in [9.17, 15) is 4.79 Å². The largest absolute Gasteiger partial charge is 0.378 e. The molecule has 0 bridgehead atoms. The van der Waals surface area contributed by atoms with Crippen molar-refractivity contribution >= 4 is 6.03 Å². The number of rotatable bonds is 5. The molecule has 3 rings (SSSR count). The van der Waals surface area contributed by atoms with Gasteiger partial charge in [-0.1, -0.05) is 19.3 Å². The summed E-state index contributed by atoms with van der Waals surface area (Å²) in [5.74, 6) is 0. The standard InChI is InChI=1S/C18H28N4O2/c1-3-24-16-11-15(18(16)7-5-4-6-8-18)21-17(23)22(2)13-14-12-19-9-10-20-14/h9-10,12,15-16H,3-8,11,13H2,1-2H3,(H,21,23)/t15-,16-/m1/s1. The van der Waals surface area contributed by atoms with Gasteiger partial charge >= 0.3 is 6.03 Å². The summed E-state index contributed by atoms with van der Waals surface area (Å²) in [5.41, 5.74) is 0.945. The van der Waals surface area contributed by atoms with Crippen LogP contribution in [0, 0.1) is 5.41 Å². The van der Waals surface area contributed by atoms with Crippen molar-refractivity contribution in [3.8, 4) is 0 Å². The summed E-state index contributed by atoms with van der Waals surface area (Å²) < 4.78 is 5.96. The van der Waals surface area contributed by atoms with Crippen molar-refractivity contribution in [1.29, 1.82) is 0 Å². The van der Waals surface area contributed by atoms with Crippen LogP contribution in [-0.2, 0) is 11.3 Å². The van der Waals surface area contributed by atoms with E-state index in [1.54, 1.807) is 30.5 Å². The van der Waals surface area contributed by atoms with E-state index in [-0.39, 0.29) is 17.5 Å². The van der Waals surface area contributed by atoms with Crippen LogP contribution < -0.4 is 5.32 Å². The predicted molar refractivity (Wildman–Crippen MR) is 91.4 cm³/mol. The lowest BCUT2D eigenvalue weighted by molar-refractivity contribution is -0.147. The first-order valence-corrected chi connectivity index (χ1v) is 9.04. The smallest absolute Gasteiger partial charge is 0.317 e. The van der Waals surface area contributed by atoms with Crippen molar-refractivity contribution in [2.75, 3.05) is 13.7 Å². The molecule has 1 N–H and O–H groups in total. The van der Waals surface area contributed by atoms with Gasteiger partial charge in [0.05, 0.1) is 24.5 Å². The van der Waals surface area contributed by atoms with Gasteiger partial charge in [0.1, 0.15) is 0 Å². The van der Waals surface area contributed by atoms with Gasteiger partial charge in [0, 0.05) is 37.5 Å². The number of amides is 2. The van der Waals surface area contributed by atoms with Crippen LogP contribution in [-0.4, -0.2) is 46.7 Å². The van der Waals surface area contributed by atoms with Crippen molar-refractivity contribution in [3.05, 3.63) is 24.3 Å². The molecule has 1 heterocycles. The Morgan fingerprint density at radius 1 is 1.38 bits per heavy atom. The van der Waals surface area contributed by atoms with Crippen LogP contribution >= 0.6 is 0 Å². The molecule has 2 aliphatic rings. The van der Waals surface area contributed by atoms with Crippen molar-refractivity contribution < 1.29 is 9.53 Å². The van der Waals surface area contributed by atoms with Crippen LogP contribution in [0.25, 0.3) is 0 Å². The van der Waals surface area contributed by atoms with Crippen LogP contribution in [0.4, 0.5) is 4.79 Å². The Kier molecular flexibility index (Phi) is 5.33. The molecule has 0 unspecified atom stereocenters. The Hall–Kier alpha value is -1.69. The summed E-state index contributed by atoms with van der Waals surface area (Å²) >= 11 is 0. The molecule has 2 aliphatic carbocycles. The minimum absolute atomic E-state index is 0.0365. The molecule has 2 atom stereocenters. The molecule has 0 aromatic carbocycles. The number of ether oxygens (including phenoxy) is 1. The van der Waals surface area contributed by atoms with Gasteiger partial charge < -0.3 is 15.0 Å². The van der Waals surface area contributed by atoms with Crippen LogP contribution in [0.15, 0.2) is 18.6 Å². The van der Waals surface area contributed by atoms with E-state index in [0.717, 1.165) is 31.6 Å². The van der Waals surface area contributed by atoms with Crippen LogP contribution in [0.2, 0.25) is 0 Å². The Morgan fingerprint density at radius 3 is 2.83 bits per heavy atom. The van der Waals surface area contributed by atoms with Crippen LogP contribution in [0.3, 0.4) is 0 Å². The fraction of sp³-hybridized carbons (Fsp3) is 0.722. The molecule has 0 aliphatic heterocycles. The molecule has 24 heavy (non-hydrogen) atoms. The normalized spacial score (nSPS) is 25.1. The Balaban J connectivity index is 1.59. The average Bonchev–Trinajstić information content (AvgIpc) is 2.62. The zero-order valence-electron chi connectivity index (χ0n) is 14.7. The lowest BCUT2D eigenvalue weighted by Crippen LogP contribution is -2.66. The zero-order chi connectivity index (χ0) is 17.0. The van der Waals surface area contributed by atoms with E-state index in [0.29, 0.717) is 12.6 Å². The first-order valence-electron chi connectivity index (χ1n) is 9.04. The molecule has 6 nitrogen and oxygen atoms in total. The topological polar surface area (TPSA) is 67.3 Å². The van der Waals surface area contributed by atoms with Gasteiger partial charge in [-0.05, 0) is 26.2 Å². The quantitative estimate of drug-likeness (QED) is 0.900. The summed E-state index contributed by atoms with van der Waals surface area (Å²) in [6, 6.07) is 0.191. The summed E-state index contributed by atoms with van der Waals surface area (Å²) in [6.07, 6.45) is 12.3. The Morgan fingerprint density at radius 2 is 2.17 bits per heavy atom. The highest BCUT2D eigenvalue weighted by molar-refractivity contribution is 5.74. The molecule has 1 aromatic rings. The number of hydrogen-bond donors (Lipinski definition) is 1. The third kappa shape index (κ3) is 3.38. The highest BCUT2D eigenvalue weighted by Crippen LogP contribution is 2.53. The third-order valence-corrected chi connectivity index (χ3v) is 5.60. The van der Waals surface area contributed by atoms with E-state index < -0.39 is 0 Å². The monoisotopic (exact) mass is 332 g/mol. The molecule has 2 amide bonds. The van der Waals surface area contributed by atoms with Gasteiger partial charge in [0.15, 0.2) is 0 Å². The second-order valence-electron chi connectivity index (χ2n) is 7.03. The zero-order valence-corrected chi connectivity index (χ0v) is 14.7. The van der Waals surface area contributed by atoms with Gasteiger partial charge in [0.25, 0.3) is 0 Å². The third-order valence-electron chi connectivity index (χ3n) is 5.60. The fourth-order valence-corrected chi connectivity index (χ4v) is 4.25. The summed E-state index contributed by atoms with van der Waals surface area (Å²) in [6.45, 7) is 3.27. The number of carbonyl (C=O) groups excluding carboxylic acids is 1. The molecule has 2 saturated carbocycles. The van der Waals surface area contributed by atoms with Gasteiger partial charge in [-0.25, -0.2) is 4.79 Å². The fourth-order valence-electron chi connectivity index (χ4n) is 4.25. The number of urea groups is 1. The number of carbonyl (C=O) groups is 1. The molecular weight excluding hydrogens is 304 g/mol. The minimum atomic E-state index is -0.0365. The summed E-state index contributed by atoms with van der Waals surface area (Å²) in [5, 5.41) is 3.24. The summed E-state index contributed by atoms with van der Waals surface area (Å²) in [4.78, 5) is 22.5. The molecule has 0 radical (unpaired) electrons. The second-order valence-corrected chi connectivity index (χ2v) is 7.03. The lowest BCUT2D eigenvalue weighted by atomic mass is 9.55. The first kappa shape index (κ1) is 17.1. The van der Waals surface area contributed by atoms with Crippen molar-refractivity contribution in [3.63, 3.8) is 0 Å². The number of nitrogens with zero attached hydrogens (tertiary/aromatic N) is 3. The highest BCUT2D eigenvalue weighted by Gasteiger charge is 2.56. The van der Waals surface area contributed by atoms with Crippen molar-refractivity contribution in [2.24, 2.45) is 5.41 Å². The number of aromatic nitrogens is 2. The van der Waals surface area contributed by atoms with Crippen LogP contribution in [0.5, 0.6) is 0 Å². The predicted octanol–water partition coefficient (Wildman–Crippen LogP) is 2.75. The highest BCUT2D eigenvalue weighted by atomic mass is 16.5. The van der Waals surface area contributed by atoms with Crippen molar-refractivity contribution in [1.82, 2.24) is 20.2 Å². The second kappa shape index (κ2) is 7.47. The van der Waals surface area contributed by atoms with E-state index in [1.165, 1.54) is 19.3 Å². The molecule has 1 aromatic heterocycles. The maximum absolute atomic E-state index is 12.6. The number of nitrogens with one attached hydrogen (secondary N) is 1. The van der Waals surface area contributed by atoms with E-state index in [2.05, 4.69) is 22.2 Å². The molecular formula is C18H28N4O2. The lowest BCUT2D eigenvalue weighted by Gasteiger charge is -2.57. The molecule has 132 valence electrons. The molecule has 2 fully saturated rings. The molecule has 0 saturated heterocycles. The Labute approximate surface area is 144 Å². The van der Waals surface area contributed by atoms with Gasteiger partial charge in [-0.3, -0.25) is 9.97 Å². The van der Waals surface area contributed by atoms with E-state index in [4.69, 9.17) is 4.74 Å². The minimum Gasteiger partial charge on any atom is -0.378 e. The maximum Gasteiger partial charge on any atom is 0.317 e. The SMILES string of the molecule is CCO[C@@H]1C[C@@H](NC(=O)N(C)Cc2cnccn2)C12CCCCC2. The first-order chi connectivity index (χ1) is 11.7. The van der Waals surface area contributed by atoms with E-state index in [1.807, 2.05) is 0 Å². The molecule has 1 spiro atoms. The van der Waals surface area contributed by atoms with Gasteiger partial charge in [-0.15, -0.1) is 0 Å². The number of hydrogen-bond acceptors (Lipinski definition) is 4. The van der Waals surface area contributed by atoms with Crippen LogP contribution in [0.1, 0.15) is 51.1 Å². The van der Waals surface area contributed by atoms with Gasteiger partial charge in [-0.2, -0.15) is 0 Å². The Bertz CT molecular complexity index is 545.